The van der Waals surface area contributed by atoms with Gasteiger partial charge in [-0.3, -0.25) is 4.90 Å². The van der Waals surface area contributed by atoms with Crippen LogP contribution >= 0.6 is 0 Å². The van der Waals surface area contributed by atoms with Crippen molar-refractivity contribution in [2.24, 2.45) is 5.73 Å². The molecule has 1 aromatic carbocycles. The molecule has 0 aliphatic carbocycles. The summed E-state index contributed by atoms with van der Waals surface area (Å²) < 4.78 is 33.3. The molecule has 2 unspecified atom stereocenters. The first-order chi connectivity index (χ1) is 11.1. The van der Waals surface area contributed by atoms with E-state index >= 15 is 0 Å². The van der Waals surface area contributed by atoms with Crippen LogP contribution in [-0.2, 0) is 4.74 Å². The van der Waals surface area contributed by atoms with E-state index in [0.717, 1.165) is 31.6 Å². The highest BCUT2D eigenvalue weighted by Crippen LogP contribution is 2.35. The Hall–Kier alpha value is -1.08. The minimum absolute atomic E-state index is 0.234. The molecule has 3 N–H and O–H groups in total. The predicted octanol–water partition coefficient (Wildman–Crippen LogP) is 1.56. The lowest BCUT2D eigenvalue weighted by atomic mass is 9.93. The number of fused-ring (bicyclic) bond motifs is 1. The van der Waals surface area contributed by atoms with Gasteiger partial charge in [-0.05, 0) is 44.0 Å². The van der Waals surface area contributed by atoms with Crippen LogP contribution in [0.5, 0.6) is 0 Å². The summed E-state index contributed by atoms with van der Waals surface area (Å²) in [7, 11) is 0. The molecule has 1 aromatic rings. The Kier molecular flexibility index (Phi) is 4.09. The summed E-state index contributed by atoms with van der Waals surface area (Å²) in [6, 6.07) is 4.57. The largest absolute Gasteiger partial charge is 0.370 e. The van der Waals surface area contributed by atoms with Crippen LogP contribution in [0.3, 0.4) is 0 Å². The Morgan fingerprint density at radius 3 is 2.96 bits per heavy atom. The van der Waals surface area contributed by atoms with Crippen molar-refractivity contribution in [1.82, 2.24) is 10.2 Å². The van der Waals surface area contributed by atoms with Crippen molar-refractivity contribution in [2.45, 2.75) is 49.5 Å². The number of nitrogens with zero attached hydrogens (tertiary/aromatic N) is 1. The fraction of sp³-hybridized carbons (Fsp3) is 0.647. The SMILES string of the molecule is N[C@H]1C[C@@H](N2CCC3NCCC32)CO[C@@H]1c1cc(F)ccc1F. The summed E-state index contributed by atoms with van der Waals surface area (Å²) in [4.78, 5) is 2.50. The molecular weight excluding hydrogens is 300 g/mol. The molecule has 0 bridgehead atoms. The summed E-state index contributed by atoms with van der Waals surface area (Å²) >= 11 is 0. The van der Waals surface area contributed by atoms with Gasteiger partial charge in [0, 0.05) is 36.3 Å². The minimum Gasteiger partial charge on any atom is -0.370 e. The minimum atomic E-state index is -0.568. The van der Waals surface area contributed by atoms with Gasteiger partial charge in [0.1, 0.15) is 17.7 Å². The van der Waals surface area contributed by atoms with E-state index in [1.807, 2.05) is 0 Å². The monoisotopic (exact) mass is 323 g/mol. The number of ether oxygens (including phenoxy) is 1. The molecule has 5 atom stereocenters. The molecule has 0 saturated carbocycles. The van der Waals surface area contributed by atoms with Gasteiger partial charge in [-0.1, -0.05) is 0 Å². The van der Waals surface area contributed by atoms with E-state index in [1.165, 1.54) is 18.9 Å². The standard InChI is InChI=1S/C17H23F2N3O/c18-10-1-2-13(19)12(7-10)17-14(20)8-11(9-23-17)22-6-4-15-16(22)3-5-21-15/h1-2,7,11,14-17,21H,3-6,8-9,20H2/t11-,14+,15?,16?,17-/m1/s1. The number of rotatable bonds is 2. The van der Waals surface area contributed by atoms with Crippen LogP contribution in [-0.4, -0.2) is 48.8 Å². The molecule has 3 fully saturated rings. The molecule has 3 aliphatic heterocycles. The Morgan fingerprint density at radius 2 is 2.13 bits per heavy atom. The van der Waals surface area contributed by atoms with Gasteiger partial charge in [0.15, 0.2) is 0 Å². The Bertz CT molecular complexity index is 585. The third kappa shape index (κ3) is 2.78. The first kappa shape index (κ1) is 15.4. The number of hydrogen-bond acceptors (Lipinski definition) is 4. The second-order valence-electron chi connectivity index (χ2n) is 6.92. The number of nitrogens with one attached hydrogen (secondary N) is 1. The van der Waals surface area contributed by atoms with Crippen molar-refractivity contribution in [3.63, 3.8) is 0 Å². The molecule has 23 heavy (non-hydrogen) atoms. The van der Waals surface area contributed by atoms with Crippen LogP contribution in [0.25, 0.3) is 0 Å². The van der Waals surface area contributed by atoms with E-state index in [4.69, 9.17) is 10.5 Å². The molecular formula is C17H23F2N3O. The van der Waals surface area contributed by atoms with E-state index in [9.17, 15) is 8.78 Å². The smallest absolute Gasteiger partial charge is 0.129 e. The van der Waals surface area contributed by atoms with E-state index in [2.05, 4.69) is 10.2 Å². The first-order valence-corrected chi connectivity index (χ1v) is 8.45. The van der Waals surface area contributed by atoms with Crippen LogP contribution in [0.4, 0.5) is 8.78 Å². The van der Waals surface area contributed by atoms with Crippen molar-refractivity contribution in [3.8, 4) is 0 Å². The Labute approximate surface area is 135 Å². The summed E-state index contributed by atoms with van der Waals surface area (Å²) in [6.45, 7) is 2.65. The van der Waals surface area contributed by atoms with Crippen molar-refractivity contribution < 1.29 is 13.5 Å². The zero-order valence-corrected chi connectivity index (χ0v) is 13.1. The van der Waals surface area contributed by atoms with Crippen LogP contribution in [0.1, 0.15) is 30.9 Å². The molecule has 3 heterocycles. The van der Waals surface area contributed by atoms with Gasteiger partial charge in [-0.15, -0.1) is 0 Å². The maximum atomic E-state index is 14.0. The number of hydrogen-bond donors (Lipinski definition) is 2. The molecule has 0 spiro atoms. The zero-order valence-electron chi connectivity index (χ0n) is 13.1. The highest BCUT2D eigenvalue weighted by Gasteiger charge is 2.43. The molecule has 6 heteroatoms. The Balaban J connectivity index is 1.47. The lowest BCUT2D eigenvalue weighted by Gasteiger charge is -2.40. The number of nitrogens with two attached hydrogens (primary N) is 1. The molecule has 0 radical (unpaired) electrons. The van der Waals surface area contributed by atoms with Crippen molar-refractivity contribution in [2.75, 3.05) is 19.7 Å². The second-order valence-corrected chi connectivity index (χ2v) is 6.92. The van der Waals surface area contributed by atoms with Gasteiger partial charge in [0.25, 0.3) is 0 Å². The normalized spacial score (nSPS) is 38.0. The molecule has 126 valence electrons. The van der Waals surface area contributed by atoms with Gasteiger partial charge < -0.3 is 15.8 Å². The molecule has 0 amide bonds. The van der Waals surface area contributed by atoms with Crippen LogP contribution in [0, 0.1) is 11.6 Å². The average Bonchev–Trinajstić information content (AvgIpc) is 3.13. The van der Waals surface area contributed by atoms with Gasteiger partial charge in [0.05, 0.1) is 6.61 Å². The number of likely N-dealkylation sites (tertiary alicyclic amines) is 1. The van der Waals surface area contributed by atoms with Gasteiger partial charge >= 0.3 is 0 Å². The maximum Gasteiger partial charge on any atom is 0.129 e. The second kappa shape index (κ2) is 6.09. The predicted molar refractivity (Wildman–Crippen MR) is 83.0 cm³/mol. The summed E-state index contributed by atoms with van der Waals surface area (Å²) in [6.07, 6.45) is 2.52. The maximum absolute atomic E-state index is 14.0. The van der Waals surface area contributed by atoms with Crippen molar-refractivity contribution >= 4 is 0 Å². The van der Waals surface area contributed by atoms with Gasteiger partial charge in [0.2, 0.25) is 0 Å². The highest BCUT2D eigenvalue weighted by atomic mass is 19.1. The van der Waals surface area contributed by atoms with Crippen molar-refractivity contribution in [3.05, 3.63) is 35.4 Å². The summed E-state index contributed by atoms with van der Waals surface area (Å²) in [5, 5.41) is 3.54. The highest BCUT2D eigenvalue weighted by molar-refractivity contribution is 5.23. The summed E-state index contributed by atoms with van der Waals surface area (Å²) in [5.74, 6) is -0.912. The topological polar surface area (TPSA) is 50.5 Å². The number of benzene rings is 1. The van der Waals surface area contributed by atoms with Crippen molar-refractivity contribution in [1.29, 1.82) is 0 Å². The fourth-order valence-electron chi connectivity index (χ4n) is 4.48. The quantitative estimate of drug-likeness (QED) is 0.867. The van der Waals surface area contributed by atoms with Gasteiger partial charge in [-0.25, -0.2) is 8.78 Å². The van der Waals surface area contributed by atoms with E-state index in [0.29, 0.717) is 18.7 Å². The molecule has 3 aliphatic rings. The molecule has 3 saturated heterocycles. The Morgan fingerprint density at radius 1 is 1.26 bits per heavy atom. The van der Waals surface area contributed by atoms with E-state index < -0.39 is 17.7 Å². The van der Waals surface area contributed by atoms with Gasteiger partial charge in [-0.2, -0.15) is 0 Å². The fourth-order valence-corrected chi connectivity index (χ4v) is 4.48. The zero-order chi connectivity index (χ0) is 16.0. The number of halogens is 2. The lowest BCUT2D eigenvalue weighted by molar-refractivity contribution is -0.0543. The molecule has 4 rings (SSSR count). The molecule has 0 aromatic heterocycles. The lowest BCUT2D eigenvalue weighted by Crippen LogP contribution is -2.51. The molecule has 4 nitrogen and oxygen atoms in total. The van der Waals surface area contributed by atoms with Crippen LogP contribution in [0.2, 0.25) is 0 Å². The first-order valence-electron chi connectivity index (χ1n) is 8.45. The van der Waals surface area contributed by atoms with E-state index in [1.54, 1.807) is 0 Å². The van der Waals surface area contributed by atoms with Crippen LogP contribution < -0.4 is 11.1 Å². The van der Waals surface area contributed by atoms with Crippen LogP contribution in [0.15, 0.2) is 18.2 Å². The summed E-state index contributed by atoms with van der Waals surface area (Å²) in [5.41, 5.74) is 6.50. The third-order valence-electron chi connectivity index (χ3n) is 5.57. The van der Waals surface area contributed by atoms with E-state index in [-0.39, 0.29) is 17.6 Å². The average molecular weight is 323 g/mol. The third-order valence-corrected chi connectivity index (χ3v) is 5.57.